The topological polar surface area (TPSA) is 135 Å². The number of hydrogen-bond donors (Lipinski definition) is 3. The number of nitrogens with zero attached hydrogens (tertiary/aromatic N) is 4. The first kappa shape index (κ1) is 32.9. The molecule has 1 fully saturated rings. The highest BCUT2D eigenvalue weighted by atomic mass is 32.2. The average Bonchev–Trinajstić information content (AvgIpc) is 2.97. The fourth-order valence-electron chi connectivity index (χ4n) is 4.69. The van der Waals surface area contributed by atoms with E-state index in [1.54, 1.807) is 32.2 Å². The maximum absolute atomic E-state index is 14.4. The van der Waals surface area contributed by atoms with E-state index in [0.29, 0.717) is 30.4 Å². The second-order valence-corrected chi connectivity index (χ2v) is 11.3. The van der Waals surface area contributed by atoms with Crippen LogP contribution in [0, 0.1) is 6.92 Å². The molecule has 3 atom stereocenters. The predicted molar refractivity (Wildman–Crippen MR) is 157 cm³/mol. The second-order valence-electron chi connectivity index (χ2n) is 10.3. The summed E-state index contributed by atoms with van der Waals surface area (Å²) in [4.78, 5) is 22.5. The van der Waals surface area contributed by atoms with E-state index in [9.17, 15) is 31.1 Å². The van der Waals surface area contributed by atoms with Crippen molar-refractivity contribution in [2.24, 2.45) is 0 Å². The zero-order valence-corrected chi connectivity index (χ0v) is 25.2. The lowest BCUT2D eigenvalue weighted by molar-refractivity contribution is -0.137. The van der Waals surface area contributed by atoms with Crippen molar-refractivity contribution in [1.82, 2.24) is 20.2 Å². The van der Waals surface area contributed by atoms with Gasteiger partial charge in [0.25, 0.3) is 5.91 Å². The van der Waals surface area contributed by atoms with Crippen LogP contribution in [0.15, 0.2) is 42.6 Å². The molecule has 1 amide bonds. The number of amides is 1. The monoisotopic (exact) mass is 638 g/mol. The highest BCUT2D eigenvalue weighted by Gasteiger charge is 2.35. The summed E-state index contributed by atoms with van der Waals surface area (Å²) >= 11 is -2.60. The summed E-state index contributed by atoms with van der Waals surface area (Å²) in [6.07, 6.45) is -4.92. The molecular formula is C28H32F4N7O4S-. The van der Waals surface area contributed by atoms with E-state index in [0.717, 1.165) is 9.87 Å². The maximum Gasteiger partial charge on any atom is 0.421 e. The zero-order valence-electron chi connectivity index (χ0n) is 24.4. The number of aromatic nitrogens is 2. The van der Waals surface area contributed by atoms with Gasteiger partial charge in [-0.15, -0.1) is 0 Å². The molecule has 4 rings (SSSR count). The number of carbonyl (C=O) groups is 1. The lowest BCUT2D eigenvalue weighted by atomic mass is 10.0. The summed E-state index contributed by atoms with van der Waals surface area (Å²) in [7, 11) is 4.48. The number of ether oxygens (including phenoxy) is 1. The normalized spacial score (nSPS) is 17.9. The van der Waals surface area contributed by atoms with E-state index in [1.807, 2.05) is 4.90 Å². The van der Waals surface area contributed by atoms with E-state index in [2.05, 4.69) is 25.9 Å². The van der Waals surface area contributed by atoms with Crippen molar-refractivity contribution in [1.29, 1.82) is 0 Å². The predicted octanol–water partition coefficient (Wildman–Crippen LogP) is 4.17. The molecule has 0 spiro atoms. The highest BCUT2D eigenvalue weighted by Crippen LogP contribution is 2.35. The number of benzene rings is 2. The molecule has 3 N–H and O–H groups in total. The minimum atomic E-state index is -4.79. The molecule has 11 nitrogen and oxygen atoms in total. The van der Waals surface area contributed by atoms with Gasteiger partial charge in [-0.25, -0.2) is 9.37 Å². The lowest BCUT2D eigenvalue weighted by Crippen LogP contribution is -2.51. The van der Waals surface area contributed by atoms with Gasteiger partial charge in [0, 0.05) is 49.7 Å². The van der Waals surface area contributed by atoms with Crippen LogP contribution in [-0.2, 0) is 24.0 Å². The van der Waals surface area contributed by atoms with Gasteiger partial charge < -0.3 is 34.4 Å². The van der Waals surface area contributed by atoms with E-state index in [4.69, 9.17) is 4.74 Å². The Balaban J connectivity index is 1.55. The number of likely N-dealkylation sites (tertiary alicyclic amines) is 1. The minimum Gasteiger partial charge on any atom is -0.755 e. The Labute approximate surface area is 254 Å². The molecule has 1 aromatic heterocycles. The summed E-state index contributed by atoms with van der Waals surface area (Å²) in [6.45, 7) is 2.44. The maximum atomic E-state index is 14.4. The summed E-state index contributed by atoms with van der Waals surface area (Å²) in [6, 6.07) is 8.63. The number of rotatable bonds is 10. The molecule has 16 heteroatoms. The van der Waals surface area contributed by atoms with Crippen molar-refractivity contribution in [3.8, 4) is 5.75 Å². The van der Waals surface area contributed by atoms with Crippen LogP contribution in [0.2, 0.25) is 0 Å². The van der Waals surface area contributed by atoms with Crippen LogP contribution in [0.3, 0.4) is 0 Å². The van der Waals surface area contributed by atoms with Gasteiger partial charge in [0.2, 0.25) is 5.95 Å². The number of alkyl halides is 4. The molecule has 1 unspecified atom stereocenters. The molecule has 0 saturated carbocycles. The molecule has 0 radical (unpaired) electrons. The Kier molecular flexibility index (Phi) is 10.3. The zero-order chi connectivity index (χ0) is 32.2. The van der Waals surface area contributed by atoms with Crippen LogP contribution in [0.4, 0.5) is 40.7 Å². The lowest BCUT2D eigenvalue weighted by Gasteiger charge is -2.32. The second kappa shape index (κ2) is 13.7. The van der Waals surface area contributed by atoms with Crippen LogP contribution >= 0.6 is 0 Å². The third kappa shape index (κ3) is 7.92. The van der Waals surface area contributed by atoms with Crippen molar-refractivity contribution in [2.45, 2.75) is 38.3 Å². The summed E-state index contributed by atoms with van der Waals surface area (Å²) in [5.74, 6) is -1.06. The molecule has 3 aromatic rings. The fraction of sp³-hybridized carbons (Fsp3) is 0.393. The minimum absolute atomic E-state index is 0.175. The van der Waals surface area contributed by atoms with Crippen molar-refractivity contribution < 1.29 is 35.9 Å². The third-order valence-corrected chi connectivity index (χ3v) is 7.76. The molecule has 1 saturated heterocycles. The molecule has 0 aliphatic carbocycles. The van der Waals surface area contributed by atoms with E-state index < -0.39 is 46.9 Å². The number of methoxy groups -OCH3 is 1. The number of halogens is 4. The van der Waals surface area contributed by atoms with E-state index in [1.165, 1.54) is 32.4 Å². The fourth-order valence-corrected chi connectivity index (χ4v) is 5.02. The summed E-state index contributed by atoms with van der Waals surface area (Å²) in [5, 5.41) is 8.18. The first-order valence-electron chi connectivity index (χ1n) is 13.5. The Hall–Kier alpha value is -4.02. The molecule has 44 heavy (non-hydrogen) atoms. The highest BCUT2D eigenvalue weighted by molar-refractivity contribution is 7.80. The van der Waals surface area contributed by atoms with Crippen LogP contribution in [-0.4, -0.2) is 76.0 Å². The Morgan fingerprint density at radius 2 is 2.00 bits per heavy atom. The van der Waals surface area contributed by atoms with Crippen molar-refractivity contribution >= 4 is 40.3 Å². The van der Waals surface area contributed by atoms with Crippen LogP contribution in [0.25, 0.3) is 0 Å². The quantitative estimate of drug-likeness (QED) is 0.221. The van der Waals surface area contributed by atoms with Gasteiger partial charge in [-0.1, -0.05) is 12.1 Å². The molecule has 1 aliphatic rings. The summed E-state index contributed by atoms with van der Waals surface area (Å²) < 4.78 is 85.4. The Bertz CT molecular complexity index is 1530. The number of carbonyl (C=O) groups excluding carboxylic acids is 1. The largest absolute Gasteiger partial charge is 0.755 e. The molecule has 0 bridgehead atoms. The van der Waals surface area contributed by atoms with E-state index >= 15 is 0 Å². The molecule has 2 aromatic carbocycles. The number of piperidine rings is 1. The van der Waals surface area contributed by atoms with Gasteiger partial charge in [0.05, 0.1) is 24.5 Å². The summed E-state index contributed by atoms with van der Waals surface area (Å²) in [5.41, 5.74) is 0.801. The molecule has 238 valence electrons. The van der Waals surface area contributed by atoms with Crippen LogP contribution in [0.5, 0.6) is 5.75 Å². The average molecular weight is 639 g/mol. The van der Waals surface area contributed by atoms with Gasteiger partial charge in [-0.2, -0.15) is 18.2 Å². The van der Waals surface area contributed by atoms with Gasteiger partial charge in [-0.05, 0) is 55.8 Å². The van der Waals surface area contributed by atoms with Gasteiger partial charge in [0.15, 0.2) is 0 Å². The SMILES string of the molecule is COc1cc(C(=O)N[C@@H]2CCN(C)C[C@@H]2F)ccc1Nc1ncc(C(F)(F)F)c(NCc2ccc(C)cc2N(C)S(=O)[O-])n1. The first-order chi connectivity index (χ1) is 20.8. The first-order valence-corrected chi connectivity index (χ1v) is 14.5. The number of anilines is 4. The molecule has 2 heterocycles. The Morgan fingerprint density at radius 1 is 1.25 bits per heavy atom. The number of hydrogen-bond acceptors (Lipinski definition) is 9. The molecular weight excluding hydrogens is 606 g/mol. The standard InChI is InChI=1S/C28H33F4N7O4S/c1-16-5-6-18(23(11-16)39(3)44(41)42)13-33-25-19(28(30,31)32)14-34-27(37-25)36-22-8-7-17(12-24(22)43-4)26(40)35-21-9-10-38(2)15-20(21)29/h5-8,11-12,14,20-21H,9-10,13,15H2,1-4H3,(H,35,40)(H,41,42)(H2,33,34,36,37)/p-1/t20-,21+/m0/s1. The van der Waals surface area contributed by atoms with Crippen LogP contribution < -0.4 is 25.0 Å². The molecule has 1 aliphatic heterocycles. The van der Waals surface area contributed by atoms with Crippen LogP contribution in [0.1, 0.15) is 33.5 Å². The van der Waals surface area contributed by atoms with Gasteiger partial charge in [0.1, 0.15) is 23.3 Å². The van der Waals surface area contributed by atoms with Gasteiger partial charge >= 0.3 is 6.18 Å². The van der Waals surface area contributed by atoms with Crippen molar-refractivity contribution in [2.75, 3.05) is 49.2 Å². The number of nitrogens with one attached hydrogen (secondary N) is 3. The van der Waals surface area contributed by atoms with Crippen molar-refractivity contribution in [3.63, 3.8) is 0 Å². The third-order valence-electron chi connectivity index (χ3n) is 7.12. The number of aryl methyl sites for hydroxylation is 1. The smallest absolute Gasteiger partial charge is 0.421 e. The van der Waals surface area contributed by atoms with Gasteiger partial charge in [-0.3, -0.25) is 9.00 Å². The van der Waals surface area contributed by atoms with Crippen molar-refractivity contribution in [3.05, 3.63) is 64.8 Å². The van der Waals surface area contributed by atoms with E-state index in [-0.39, 0.29) is 36.0 Å². The Morgan fingerprint density at radius 3 is 2.66 bits per heavy atom.